The number of rotatable bonds is 4. The Morgan fingerprint density at radius 1 is 1.16 bits per heavy atom. The molecule has 0 saturated carbocycles. The lowest BCUT2D eigenvalue weighted by Crippen LogP contribution is -2.41. The zero-order chi connectivity index (χ0) is 18.7. The fourth-order valence-corrected chi connectivity index (χ4v) is 3.64. The van der Waals surface area contributed by atoms with E-state index >= 15 is 0 Å². The van der Waals surface area contributed by atoms with Crippen molar-refractivity contribution < 1.29 is 17.9 Å². The Bertz CT molecular complexity index is 681. The van der Waals surface area contributed by atoms with Gasteiger partial charge < -0.3 is 9.64 Å². The predicted octanol–water partition coefficient (Wildman–Crippen LogP) is 3.67. The van der Waals surface area contributed by atoms with Gasteiger partial charge in [-0.3, -0.25) is 0 Å². The summed E-state index contributed by atoms with van der Waals surface area (Å²) in [6, 6.07) is 7.14. The minimum absolute atomic E-state index is 0.220. The summed E-state index contributed by atoms with van der Waals surface area (Å²) in [6.07, 6.45) is 4.96. The van der Waals surface area contributed by atoms with E-state index in [1.165, 1.54) is 6.26 Å². The lowest BCUT2D eigenvalue weighted by Gasteiger charge is -2.33. The summed E-state index contributed by atoms with van der Waals surface area (Å²) in [5, 5.41) is 0. The van der Waals surface area contributed by atoms with Gasteiger partial charge >= 0.3 is 6.09 Å². The molecule has 1 amide bonds. The Kier molecular flexibility index (Phi) is 6.14. The van der Waals surface area contributed by atoms with Crippen molar-refractivity contribution in [2.45, 2.75) is 57.0 Å². The van der Waals surface area contributed by atoms with Crippen molar-refractivity contribution in [2.75, 3.05) is 19.3 Å². The fourth-order valence-electron chi connectivity index (χ4n) is 3.00. The summed E-state index contributed by atoms with van der Waals surface area (Å²) >= 11 is 0. The van der Waals surface area contributed by atoms with Crippen LogP contribution in [0.5, 0.6) is 0 Å². The van der Waals surface area contributed by atoms with Crippen LogP contribution in [0, 0.1) is 5.92 Å². The van der Waals surface area contributed by atoms with Crippen molar-refractivity contribution in [1.82, 2.24) is 4.90 Å². The van der Waals surface area contributed by atoms with Crippen LogP contribution in [0.2, 0.25) is 0 Å². The molecule has 1 fully saturated rings. The molecule has 1 aliphatic rings. The van der Waals surface area contributed by atoms with E-state index in [-0.39, 0.29) is 6.09 Å². The first kappa shape index (κ1) is 19.8. The van der Waals surface area contributed by atoms with E-state index in [4.69, 9.17) is 4.74 Å². The average molecular weight is 368 g/mol. The number of hydrogen-bond donors (Lipinski definition) is 0. The molecule has 6 heteroatoms. The van der Waals surface area contributed by atoms with E-state index < -0.39 is 15.4 Å². The molecule has 0 spiro atoms. The SMILES string of the molecule is CC(C)(C)OC(=O)N1CCC(CCc2ccc(S(C)(=O)=O)cc2)CC1. The first-order valence-electron chi connectivity index (χ1n) is 8.81. The van der Waals surface area contributed by atoms with Gasteiger partial charge in [-0.1, -0.05) is 12.1 Å². The molecular weight excluding hydrogens is 338 g/mol. The van der Waals surface area contributed by atoms with Gasteiger partial charge in [-0.2, -0.15) is 0 Å². The molecule has 5 nitrogen and oxygen atoms in total. The normalized spacial score (nSPS) is 16.7. The molecule has 0 bridgehead atoms. The number of piperidine rings is 1. The molecule has 0 aliphatic carbocycles. The number of amides is 1. The molecule has 140 valence electrons. The van der Waals surface area contributed by atoms with Crippen molar-refractivity contribution >= 4 is 15.9 Å². The third-order valence-electron chi connectivity index (χ3n) is 4.46. The molecule has 0 aromatic heterocycles. The summed E-state index contributed by atoms with van der Waals surface area (Å²) in [7, 11) is -3.13. The van der Waals surface area contributed by atoms with Gasteiger partial charge in [0, 0.05) is 19.3 Å². The topological polar surface area (TPSA) is 63.7 Å². The van der Waals surface area contributed by atoms with Gasteiger partial charge in [-0.15, -0.1) is 0 Å². The van der Waals surface area contributed by atoms with Gasteiger partial charge in [0.1, 0.15) is 5.60 Å². The van der Waals surface area contributed by atoms with Crippen LogP contribution < -0.4 is 0 Å². The van der Waals surface area contributed by atoms with E-state index in [0.29, 0.717) is 10.8 Å². The Labute approximate surface area is 151 Å². The van der Waals surface area contributed by atoms with E-state index in [2.05, 4.69) is 0 Å². The monoisotopic (exact) mass is 367 g/mol. The number of likely N-dealkylation sites (tertiary alicyclic amines) is 1. The van der Waals surface area contributed by atoms with Crippen LogP contribution in [0.25, 0.3) is 0 Å². The summed E-state index contributed by atoms with van der Waals surface area (Å²) in [5.41, 5.74) is 0.702. The molecule has 1 aromatic carbocycles. The zero-order valence-corrected chi connectivity index (χ0v) is 16.4. The molecule has 1 heterocycles. The van der Waals surface area contributed by atoms with Crippen LogP contribution in [0.1, 0.15) is 45.6 Å². The maximum Gasteiger partial charge on any atom is 0.410 e. The molecule has 1 aromatic rings. The number of carbonyl (C=O) groups excluding carboxylic acids is 1. The molecule has 0 unspecified atom stereocenters. The minimum atomic E-state index is -3.13. The number of sulfone groups is 1. The Hall–Kier alpha value is -1.56. The molecule has 1 aliphatic heterocycles. The Balaban J connectivity index is 1.78. The predicted molar refractivity (Wildman–Crippen MR) is 98.4 cm³/mol. The Morgan fingerprint density at radius 2 is 1.72 bits per heavy atom. The number of ether oxygens (including phenoxy) is 1. The highest BCUT2D eigenvalue weighted by molar-refractivity contribution is 7.90. The summed E-state index contributed by atoms with van der Waals surface area (Å²) in [6.45, 7) is 7.13. The van der Waals surface area contributed by atoms with Crippen LogP contribution in [-0.2, 0) is 21.0 Å². The Morgan fingerprint density at radius 3 is 2.20 bits per heavy atom. The lowest BCUT2D eigenvalue weighted by molar-refractivity contribution is 0.0181. The summed E-state index contributed by atoms with van der Waals surface area (Å²) < 4.78 is 28.4. The number of aryl methyl sites for hydroxylation is 1. The molecule has 25 heavy (non-hydrogen) atoms. The highest BCUT2D eigenvalue weighted by Gasteiger charge is 2.26. The second-order valence-corrected chi connectivity index (χ2v) is 9.88. The highest BCUT2D eigenvalue weighted by Crippen LogP contribution is 2.24. The van der Waals surface area contributed by atoms with Crippen molar-refractivity contribution in [1.29, 1.82) is 0 Å². The molecular formula is C19H29NO4S. The number of nitrogens with zero attached hydrogens (tertiary/aromatic N) is 1. The van der Waals surface area contributed by atoms with Crippen molar-refractivity contribution in [2.24, 2.45) is 5.92 Å². The van der Waals surface area contributed by atoms with E-state index in [1.807, 2.05) is 32.9 Å². The number of hydrogen-bond acceptors (Lipinski definition) is 4. The maximum atomic E-state index is 12.1. The first-order valence-corrected chi connectivity index (χ1v) is 10.7. The third-order valence-corrected chi connectivity index (χ3v) is 5.59. The molecule has 0 N–H and O–H groups in total. The van der Waals surface area contributed by atoms with Gasteiger partial charge in [0.25, 0.3) is 0 Å². The molecule has 0 atom stereocenters. The van der Waals surface area contributed by atoms with Crippen LogP contribution in [-0.4, -0.2) is 44.4 Å². The molecule has 2 rings (SSSR count). The minimum Gasteiger partial charge on any atom is -0.444 e. The van der Waals surface area contributed by atoms with Crippen LogP contribution >= 0.6 is 0 Å². The number of carbonyl (C=O) groups is 1. The quantitative estimate of drug-likeness (QED) is 0.814. The van der Waals surface area contributed by atoms with Crippen LogP contribution in [0.4, 0.5) is 4.79 Å². The zero-order valence-electron chi connectivity index (χ0n) is 15.6. The van der Waals surface area contributed by atoms with E-state index in [1.54, 1.807) is 17.0 Å². The van der Waals surface area contributed by atoms with E-state index in [9.17, 15) is 13.2 Å². The van der Waals surface area contributed by atoms with Gasteiger partial charge in [0.2, 0.25) is 0 Å². The third kappa shape index (κ3) is 6.34. The van der Waals surface area contributed by atoms with Gasteiger partial charge in [-0.05, 0) is 70.1 Å². The average Bonchev–Trinajstić information content (AvgIpc) is 2.51. The largest absolute Gasteiger partial charge is 0.444 e. The smallest absolute Gasteiger partial charge is 0.410 e. The highest BCUT2D eigenvalue weighted by atomic mass is 32.2. The first-order chi connectivity index (χ1) is 11.5. The number of benzene rings is 1. The second kappa shape index (κ2) is 7.77. The maximum absolute atomic E-state index is 12.1. The summed E-state index contributed by atoms with van der Waals surface area (Å²) in [4.78, 5) is 14.2. The van der Waals surface area contributed by atoms with Gasteiger partial charge in [-0.25, -0.2) is 13.2 Å². The van der Waals surface area contributed by atoms with Gasteiger partial charge in [0.05, 0.1) is 4.90 Å². The van der Waals surface area contributed by atoms with Crippen molar-refractivity contribution in [3.63, 3.8) is 0 Å². The van der Waals surface area contributed by atoms with Gasteiger partial charge in [0.15, 0.2) is 9.84 Å². The van der Waals surface area contributed by atoms with Crippen LogP contribution in [0.15, 0.2) is 29.2 Å². The standard InChI is InChI=1S/C19H29NO4S/c1-19(2,3)24-18(21)20-13-11-16(12-14-20)6-5-15-7-9-17(10-8-15)25(4,22)23/h7-10,16H,5-6,11-14H2,1-4H3. The second-order valence-electron chi connectivity index (χ2n) is 7.87. The lowest BCUT2D eigenvalue weighted by atomic mass is 9.91. The fraction of sp³-hybridized carbons (Fsp3) is 0.632. The molecule has 0 radical (unpaired) electrons. The van der Waals surface area contributed by atoms with Crippen LogP contribution in [0.3, 0.4) is 0 Å². The van der Waals surface area contributed by atoms with E-state index in [0.717, 1.165) is 44.3 Å². The summed E-state index contributed by atoms with van der Waals surface area (Å²) in [5.74, 6) is 0.591. The van der Waals surface area contributed by atoms with Crippen molar-refractivity contribution in [3.05, 3.63) is 29.8 Å². The molecule has 1 saturated heterocycles. The van der Waals surface area contributed by atoms with Crippen molar-refractivity contribution in [3.8, 4) is 0 Å².